The Morgan fingerprint density at radius 1 is 1.04 bits per heavy atom. The molecule has 3 N–H and O–H groups in total. The van der Waals surface area contributed by atoms with Crippen LogP contribution in [0.4, 0.5) is 5.69 Å². The number of nitrogens with one attached hydrogen (secondary N) is 2. The molecular weight excluding hydrogens is 346 g/mol. The van der Waals surface area contributed by atoms with Crippen LogP contribution >= 0.6 is 0 Å². The fourth-order valence-electron chi connectivity index (χ4n) is 2.49. The van der Waals surface area contributed by atoms with Gasteiger partial charge in [-0.3, -0.25) is 0 Å². The highest BCUT2D eigenvalue weighted by Crippen LogP contribution is 2.31. The molecule has 2 aromatic carbocycles. The minimum atomic E-state index is 0.0994. The van der Waals surface area contributed by atoms with Crippen molar-refractivity contribution in [3.05, 3.63) is 42.0 Å². The maximum Gasteiger partial charge on any atom is 0.196 e. The number of aromatic hydroxyl groups is 1. The van der Waals surface area contributed by atoms with E-state index in [0.717, 1.165) is 5.69 Å². The first kappa shape index (κ1) is 20.2. The van der Waals surface area contributed by atoms with Gasteiger partial charge >= 0.3 is 0 Å². The summed E-state index contributed by atoms with van der Waals surface area (Å²) in [5.41, 5.74) is 1.49. The topological polar surface area (TPSA) is 84.3 Å². The van der Waals surface area contributed by atoms with Crippen LogP contribution in [0.15, 0.2) is 41.4 Å². The molecule has 146 valence electrons. The molecular formula is C20H27N3O4. The zero-order valence-electron chi connectivity index (χ0n) is 16.2. The number of hydrogen-bond donors (Lipinski definition) is 3. The van der Waals surface area contributed by atoms with Crippen LogP contribution in [0.1, 0.15) is 19.4 Å². The minimum Gasteiger partial charge on any atom is -0.504 e. The fraction of sp³-hybridized carbons (Fsp3) is 0.350. The van der Waals surface area contributed by atoms with Crippen LogP contribution in [0, 0.1) is 0 Å². The van der Waals surface area contributed by atoms with Crippen LogP contribution in [0.3, 0.4) is 0 Å². The molecule has 27 heavy (non-hydrogen) atoms. The lowest BCUT2D eigenvalue weighted by atomic mass is 10.2. The number of methoxy groups -OCH3 is 2. The van der Waals surface area contributed by atoms with Crippen molar-refractivity contribution in [3.63, 3.8) is 0 Å². The SMILES string of the molecule is CCNC(=NCc1cccc(OC)c1O)Nc1ccc(OCC)c(OC)c1. The van der Waals surface area contributed by atoms with Gasteiger partial charge in [0.2, 0.25) is 0 Å². The molecule has 0 unspecified atom stereocenters. The van der Waals surface area contributed by atoms with E-state index in [-0.39, 0.29) is 5.75 Å². The van der Waals surface area contributed by atoms with Gasteiger partial charge in [-0.05, 0) is 32.0 Å². The molecule has 0 radical (unpaired) electrons. The summed E-state index contributed by atoms with van der Waals surface area (Å²) in [5, 5.41) is 16.6. The molecule has 0 aliphatic rings. The predicted molar refractivity (Wildman–Crippen MR) is 107 cm³/mol. The van der Waals surface area contributed by atoms with Crippen molar-refractivity contribution in [2.24, 2.45) is 4.99 Å². The molecule has 0 aliphatic heterocycles. The third-order valence-corrected chi connectivity index (χ3v) is 3.78. The highest BCUT2D eigenvalue weighted by Gasteiger charge is 2.09. The van der Waals surface area contributed by atoms with Crippen LogP contribution in [0.25, 0.3) is 0 Å². The van der Waals surface area contributed by atoms with E-state index in [1.807, 2.05) is 44.2 Å². The standard InChI is InChI=1S/C20H27N3O4/c1-5-21-20(22-13-14-8-7-9-17(25-3)19(14)24)23-15-10-11-16(27-6-2)18(12-15)26-4/h7-12,24H,5-6,13H2,1-4H3,(H2,21,22,23). The number of anilines is 1. The second-order valence-electron chi connectivity index (χ2n) is 5.59. The van der Waals surface area contributed by atoms with Crippen molar-refractivity contribution in [1.82, 2.24) is 5.32 Å². The molecule has 0 saturated carbocycles. The number of hydrogen-bond acceptors (Lipinski definition) is 5. The molecule has 0 fully saturated rings. The molecule has 7 heteroatoms. The summed E-state index contributed by atoms with van der Waals surface area (Å²) < 4.78 is 16.1. The van der Waals surface area contributed by atoms with Gasteiger partial charge in [0.05, 0.1) is 27.4 Å². The van der Waals surface area contributed by atoms with E-state index in [9.17, 15) is 5.11 Å². The summed E-state index contributed by atoms with van der Waals surface area (Å²) in [5.74, 6) is 2.45. The zero-order valence-corrected chi connectivity index (χ0v) is 16.2. The van der Waals surface area contributed by atoms with Crippen LogP contribution in [0.2, 0.25) is 0 Å². The van der Waals surface area contributed by atoms with Crippen molar-refractivity contribution in [3.8, 4) is 23.0 Å². The summed E-state index contributed by atoms with van der Waals surface area (Å²) in [6.07, 6.45) is 0. The Kier molecular flexibility index (Phi) is 7.61. The molecule has 0 aliphatic carbocycles. The van der Waals surface area contributed by atoms with E-state index < -0.39 is 0 Å². The lowest BCUT2D eigenvalue weighted by Gasteiger charge is -2.14. The maximum atomic E-state index is 10.2. The first-order valence-corrected chi connectivity index (χ1v) is 8.83. The molecule has 7 nitrogen and oxygen atoms in total. The third-order valence-electron chi connectivity index (χ3n) is 3.78. The molecule has 2 aromatic rings. The molecule has 0 heterocycles. The van der Waals surface area contributed by atoms with E-state index in [1.165, 1.54) is 7.11 Å². The average molecular weight is 373 g/mol. The quantitative estimate of drug-likeness (QED) is 0.486. The number of phenols is 1. The Hall–Kier alpha value is -3.09. The highest BCUT2D eigenvalue weighted by atomic mass is 16.5. The van der Waals surface area contributed by atoms with Crippen LogP contribution < -0.4 is 24.8 Å². The first-order chi connectivity index (χ1) is 13.1. The molecule has 0 atom stereocenters. The number of para-hydroxylation sites is 1. The van der Waals surface area contributed by atoms with Gasteiger partial charge in [0, 0.05) is 23.9 Å². The number of aliphatic imine (C=N–C) groups is 1. The summed E-state index contributed by atoms with van der Waals surface area (Å²) in [7, 11) is 3.12. The fourth-order valence-corrected chi connectivity index (χ4v) is 2.49. The maximum absolute atomic E-state index is 10.2. The Balaban J connectivity index is 2.19. The van der Waals surface area contributed by atoms with Gasteiger partial charge in [-0.2, -0.15) is 0 Å². The number of rotatable bonds is 8. The largest absolute Gasteiger partial charge is 0.504 e. The normalized spacial score (nSPS) is 11.0. The Bertz CT molecular complexity index is 778. The Morgan fingerprint density at radius 3 is 2.48 bits per heavy atom. The molecule has 2 rings (SSSR count). The van der Waals surface area contributed by atoms with Gasteiger partial charge in [0.15, 0.2) is 29.0 Å². The molecule has 0 spiro atoms. The van der Waals surface area contributed by atoms with Gasteiger partial charge in [0.25, 0.3) is 0 Å². The predicted octanol–water partition coefficient (Wildman–Crippen LogP) is 3.39. The van der Waals surface area contributed by atoms with E-state index in [1.54, 1.807) is 13.2 Å². The lowest BCUT2D eigenvalue weighted by Crippen LogP contribution is -2.30. The van der Waals surface area contributed by atoms with Gasteiger partial charge in [-0.25, -0.2) is 4.99 Å². The highest BCUT2D eigenvalue weighted by molar-refractivity contribution is 5.93. The number of phenolic OH excluding ortho intramolecular Hbond substituents is 1. The van der Waals surface area contributed by atoms with Gasteiger partial charge < -0.3 is 30.0 Å². The summed E-state index contributed by atoms with van der Waals surface area (Å²) in [6.45, 7) is 5.47. The number of nitrogens with zero attached hydrogens (tertiary/aromatic N) is 1. The van der Waals surface area contributed by atoms with Gasteiger partial charge in [0.1, 0.15) is 0 Å². The monoisotopic (exact) mass is 373 g/mol. The van der Waals surface area contributed by atoms with Crippen molar-refractivity contribution < 1.29 is 19.3 Å². The third kappa shape index (κ3) is 5.44. The van der Waals surface area contributed by atoms with Crippen molar-refractivity contribution in [2.45, 2.75) is 20.4 Å². The average Bonchev–Trinajstić information content (AvgIpc) is 2.68. The molecule has 0 bridgehead atoms. The van der Waals surface area contributed by atoms with E-state index in [0.29, 0.717) is 48.5 Å². The second-order valence-corrected chi connectivity index (χ2v) is 5.59. The van der Waals surface area contributed by atoms with Crippen LogP contribution in [-0.2, 0) is 6.54 Å². The zero-order chi connectivity index (χ0) is 19.6. The Labute approximate surface area is 160 Å². The van der Waals surface area contributed by atoms with Crippen molar-refractivity contribution in [1.29, 1.82) is 0 Å². The van der Waals surface area contributed by atoms with E-state index in [2.05, 4.69) is 15.6 Å². The smallest absolute Gasteiger partial charge is 0.196 e. The van der Waals surface area contributed by atoms with Crippen molar-refractivity contribution >= 4 is 11.6 Å². The number of guanidine groups is 1. The van der Waals surface area contributed by atoms with Gasteiger partial charge in [-0.1, -0.05) is 12.1 Å². The second kappa shape index (κ2) is 10.2. The summed E-state index contributed by atoms with van der Waals surface area (Å²) >= 11 is 0. The van der Waals surface area contributed by atoms with Gasteiger partial charge in [-0.15, -0.1) is 0 Å². The lowest BCUT2D eigenvalue weighted by molar-refractivity contribution is 0.311. The van der Waals surface area contributed by atoms with Crippen molar-refractivity contribution in [2.75, 3.05) is 32.7 Å². The number of benzene rings is 2. The van der Waals surface area contributed by atoms with E-state index in [4.69, 9.17) is 14.2 Å². The van der Waals surface area contributed by atoms with Crippen LogP contribution in [-0.4, -0.2) is 38.4 Å². The summed E-state index contributed by atoms with van der Waals surface area (Å²) in [4.78, 5) is 4.54. The molecule has 0 saturated heterocycles. The Morgan fingerprint density at radius 2 is 1.81 bits per heavy atom. The summed E-state index contributed by atoms with van der Waals surface area (Å²) in [6, 6.07) is 10.9. The molecule has 0 aromatic heterocycles. The molecule has 0 amide bonds. The van der Waals surface area contributed by atoms with E-state index >= 15 is 0 Å². The first-order valence-electron chi connectivity index (χ1n) is 8.83. The number of ether oxygens (including phenoxy) is 3. The minimum absolute atomic E-state index is 0.0994. The van der Waals surface area contributed by atoms with Crippen LogP contribution in [0.5, 0.6) is 23.0 Å².